The Morgan fingerprint density at radius 2 is 1.39 bits per heavy atom. The molecule has 2 atom stereocenters. The number of amides is 4. The summed E-state index contributed by atoms with van der Waals surface area (Å²) in [6.07, 6.45) is -2.22. The zero-order chi connectivity index (χ0) is 22.8. The van der Waals surface area contributed by atoms with Crippen LogP contribution < -0.4 is 11.2 Å². The number of hydrogen-bond donors (Lipinski definition) is 1. The van der Waals surface area contributed by atoms with Gasteiger partial charge in [-0.1, -0.05) is 24.3 Å². The maximum Gasteiger partial charge on any atom is 0.333 e. The van der Waals surface area contributed by atoms with Gasteiger partial charge in [-0.15, -0.1) is 0 Å². The van der Waals surface area contributed by atoms with Crippen LogP contribution in [0.5, 0.6) is 5.88 Å². The standard InChI is InChI=1S/C20H20N4O7/c1-21-15(25)11(16(26)22(2)19(21)29)13-9-7-5-6-8-10(9)14(31-13)12-17(27)23(3)20(30)24(4)18(12)28/h5-8,11,13-14,27H,1-4H3/t13-,14+/m1/s1. The van der Waals surface area contributed by atoms with Crippen molar-refractivity contribution in [3.05, 3.63) is 61.8 Å². The molecule has 0 spiro atoms. The van der Waals surface area contributed by atoms with E-state index in [1.165, 1.54) is 28.2 Å². The van der Waals surface area contributed by atoms with Gasteiger partial charge in [-0.05, 0) is 11.1 Å². The lowest BCUT2D eigenvalue weighted by atomic mass is 9.90. The summed E-state index contributed by atoms with van der Waals surface area (Å²) in [7, 11) is 5.12. The highest BCUT2D eigenvalue weighted by atomic mass is 16.5. The largest absolute Gasteiger partial charge is 0.494 e. The smallest absolute Gasteiger partial charge is 0.333 e. The van der Waals surface area contributed by atoms with E-state index < -0.39 is 53.1 Å². The molecule has 2 aliphatic heterocycles. The van der Waals surface area contributed by atoms with Gasteiger partial charge in [-0.3, -0.25) is 33.3 Å². The van der Waals surface area contributed by atoms with Crippen molar-refractivity contribution in [2.45, 2.75) is 12.2 Å². The minimum absolute atomic E-state index is 0.187. The number of carbonyl (C=O) groups is 3. The summed E-state index contributed by atoms with van der Waals surface area (Å²) in [5.74, 6) is -3.38. The Balaban J connectivity index is 1.88. The lowest BCUT2D eigenvalue weighted by molar-refractivity contribution is -0.155. The third-order valence-corrected chi connectivity index (χ3v) is 5.87. The average molecular weight is 428 g/mol. The van der Waals surface area contributed by atoms with Crippen molar-refractivity contribution in [3.63, 3.8) is 0 Å². The molecule has 0 aliphatic carbocycles. The summed E-state index contributed by atoms with van der Waals surface area (Å²) in [4.78, 5) is 64.4. The topological polar surface area (TPSA) is 131 Å². The first-order valence-electron chi connectivity index (χ1n) is 9.40. The van der Waals surface area contributed by atoms with E-state index in [4.69, 9.17) is 4.74 Å². The van der Waals surface area contributed by atoms with Gasteiger partial charge in [0.25, 0.3) is 5.56 Å². The van der Waals surface area contributed by atoms with Crippen LogP contribution in [0.25, 0.3) is 0 Å². The molecule has 0 unspecified atom stereocenters. The first-order chi connectivity index (χ1) is 14.6. The Bertz CT molecular complexity index is 1240. The van der Waals surface area contributed by atoms with Crippen LogP contribution in [0, 0.1) is 5.92 Å². The van der Waals surface area contributed by atoms with E-state index in [2.05, 4.69) is 0 Å². The number of hydrogen-bond acceptors (Lipinski definition) is 7. The molecule has 0 saturated carbocycles. The molecule has 1 aromatic carbocycles. The van der Waals surface area contributed by atoms with Gasteiger partial charge < -0.3 is 9.84 Å². The molecule has 2 aliphatic rings. The van der Waals surface area contributed by atoms with Gasteiger partial charge in [0, 0.05) is 28.2 Å². The van der Waals surface area contributed by atoms with Crippen molar-refractivity contribution in [2.75, 3.05) is 14.1 Å². The maximum atomic E-state index is 12.8. The number of urea groups is 1. The number of barbiturate groups is 1. The van der Waals surface area contributed by atoms with Crippen molar-refractivity contribution in [2.24, 2.45) is 20.0 Å². The van der Waals surface area contributed by atoms with Gasteiger partial charge in [0.15, 0.2) is 0 Å². The Kier molecular flexibility index (Phi) is 4.58. The van der Waals surface area contributed by atoms with Crippen molar-refractivity contribution in [1.82, 2.24) is 18.9 Å². The first kappa shape index (κ1) is 20.5. The van der Waals surface area contributed by atoms with E-state index in [1.807, 2.05) is 0 Å². The highest BCUT2D eigenvalue weighted by Gasteiger charge is 2.51. The van der Waals surface area contributed by atoms with Crippen LogP contribution in [0.3, 0.4) is 0 Å². The number of ether oxygens (including phenoxy) is 1. The summed E-state index contributed by atoms with van der Waals surface area (Å²) in [5.41, 5.74) is -0.708. The molecular weight excluding hydrogens is 408 g/mol. The molecular formula is C20H20N4O7. The average Bonchev–Trinajstić information content (AvgIpc) is 3.13. The van der Waals surface area contributed by atoms with Gasteiger partial charge in [0.1, 0.15) is 23.7 Å². The molecule has 0 bridgehead atoms. The molecule has 3 heterocycles. The van der Waals surface area contributed by atoms with E-state index in [1.54, 1.807) is 24.3 Å². The second-order valence-corrected chi connectivity index (χ2v) is 7.56. The zero-order valence-corrected chi connectivity index (χ0v) is 17.2. The summed E-state index contributed by atoms with van der Waals surface area (Å²) in [5, 5.41) is 10.6. The number of rotatable bonds is 2. The van der Waals surface area contributed by atoms with Crippen molar-refractivity contribution < 1.29 is 24.2 Å². The summed E-state index contributed by atoms with van der Waals surface area (Å²) in [6, 6.07) is 5.93. The number of aromatic hydroxyl groups is 1. The van der Waals surface area contributed by atoms with Gasteiger partial charge >= 0.3 is 11.7 Å². The second kappa shape index (κ2) is 6.91. The lowest BCUT2D eigenvalue weighted by Gasteiger charge is -2.35. The van der Waals surface area contributed by atoms with Crippen molar-refractivity contribution >= 4 is 17.8 Å². The molecule has 1 saturated heterocycles. The molecule has 31 heavy (non-hydrogen) atoms. The number of fused-ring (bicyclic) bond motifs is 1. The van der Waals surface area contributed by atoms with Gasteiger partial charge in [-0.2, -0.15) is 0 Å². The SMILES string of the molecule is CN1C(=O)C([C@@H]2O[C@H](c3c(O)n(C)c(=O)n(C)c3=O)c3ccccc32)C(=O)N(C)C1=O. The third kappa shape index (κ3) is 2.73. The number of imide groups is 2. The minimum Gasteiger partial charge on any atom is -0.494 e. The number of carbonyl (C=O) groups excluding carboxylic acids is 3. The zero-order valence-electron chi connectivity index (χ0n) is 17.2. The quantitative estimate of drug-likeness (QED) is 0.645. The second-order valence-electron chi connectivity index (χ2n) is 7.56. The van der Waals surface area contributed by atoms with Crippen LogP contribution in [0.15, 0.2) is 33.9 Å². The Morgan fingerprint density at radius 1 is 0.839 bits per heavy atom. The fourth-order valence-electron chi connectivity index (χ4n) is 4.07. The van der Waals surface area contributed by atoms with Crippen LogP contribution in [-0.4, -0.2) is 56.0 Å². The summed E-state index contributed by atoms with van der Waals surface area (Å²) < 4.78 is 7.80. The van der Waals surface area contributed by atoms with Crippen molar-refractivity contribution in [3.8, 4) is 5.88 Å². The number of benzene rings is 1. The minimum atomic E-state index is -1.35. The highest BCUT2D eigenvalue weighted by Crippen LogP contribution is 2.47. The molecule has 11 heteroatoms. The normalized spacial score (nSPS) is 21.7. The summed E-state index contributed by atoms with van der Waals surface area (Å²) >= 11 is 0. The van der Waals surface area contributed by atoms with Crippen molar-refractivity contribution in [1.29, 1.82) is 0 Å². The van der Waals surface area contributed by atoms with Crippen LogP contribution >= 0.6 is 0 Å². The number of aromatic nitrogens is 2. The van der Waals surface area contributed by atoms with Crippen LogP contribution in [-0.2, 0) is 28.4 Å². The molecule has 4 amide bonds. The lowest BCUT2D eigenvalue weighted by Crippen LogP contribution is -2.58. The molecule has 0 radical (unpaired) electrons. The molecule has 162 valence electrons. The fraction of sp³-hybridized carbons (Fsp3) is 0.350. The maximum absolute atomic E-state index is 12.8. The van der Waals surface area contributed by atoms with E-state index in [-0.39, 0.29) is 5.56 Å². The Hall–Kier alpha value is -3.73. The van der Waals surface area contributed by atoms with Gasteiger partial charge in [-0.25, -0.2) is 9.59 Å². The predicted octanol–water partition coefficient (Wildman–Crippen LogP) is -0.383. The molecule has 11 nitrogen and oxygen atoms in total. The van der Waals surface area contributed by atoms with Crippen LogP contribution in [0.2, 0.25) is 0 Å². The fourth-order valence-corrected chi connectivity index (χ4v) is 4.07. The molecule has 1 fully saturated rings. The Labute approximate surface area is 175 Å². The number of nitrogens with zero attached hydrogens (tertiary/aromatic N) is 4. The van der Waals surface area contributed by atoms with E-state index in [0.29, 0.717) is 11.1 Å². The van der Waals surface area contributed by atoms with Crippen LogP contribution in [0.4, 0.5) is 4.79 Å². The van der Waals surface area contributed by atoms with Gasteiger partial charge in [0.2, 0.25) is 17.7 Å². The molecule has 1 aromatic heterocycles. The molecule has 1 N–H and O–H groups in total. The highest BCUT2D eigenvalue weighted by molar-refractivity contribution is 6.16. The predicted molar refractivity (Wildman–Crippen MR) is 105 cm³/mol. The third-order valence-electron chi connectivity index (χ3n) is 5.87. The van der Waals surface area contributed by atoms with E-state index in [9.17, 15) is 29.1 Å². The monoisotopic (exact) mass is 428 g/mol. The summed E-state index contributed by atoms with van der Waals surface area (Å²) in [6.45, 7) is 0. The van der Waals surface area contributed by atoms with Crippen LogP contribution in [0.1, 0.15) is 28.9 Å². The van der Waals surface area contributed by atoms with E-state index >= 15 is 0 Å². The van der Waals surface area contributed by atoms with Gasteiger partial charge in [0.05, 0.1) is 0 Å². The molecule has 4 rings (SSSR count). The van der Waals surface area contributed by atoms with E-state index in [0.717, 1.165) is 18.9 Å². The first-order valence-corrected chi connectivity index (χ1v) is 9.40. The Morgan fingerprint density at radius 3 is 1.97 bits per heavy atom. The molecule has 2 aromatic rings.